The topological polar surface area (TPSA) is 82.1 Å². The number of benzene rings is 2. The molecule has 1 N–H and O–H groups in total. The lowest BCUT2D eigenvalue weighted by Gasteiger charge is -2.40. The van der Waals surface area contributed by atoms with E-state index in [4.69, 9.17) is 13.9 Å². The van der Waals surface area contributed by atoms with Crippen LogP contribution in [0.1, 0.15) is 134 Å². The highest BCUT2D eigenvalue weighted by Crippen LogP contribution is 2.55. The van der Waals surface area contributed by atoms with Crippen LogP contribution < -0.4 is 9.47 Å². The molecule has 2 heterocycles. The van der Waals surface area contributed by atoms with Crippen LogP contribution in [0.3, 0.4) is 0 Å². The molecule has 0 amide bonds. The van der Waals surface area contributed by atoms with Crippen molar-refractivity contribution < 1.29 is 28.6 Å². The number of ketones is 2. The Kier molecular flexibility index (Phi) is 11.9. The molecule has 49 heavy (non-hydrogen) atoms. The van der Waals surface area contributed by atoms with Crippen LogP contribution in [-0.2, 0) is 26.9 Å². The van der Waals surface area contributed by atoms with Crippen molar-refractivity contribution in [1.29, 1.82) is 0 Å². The van der Waals surface area contributed by atoms with Gasteiger partial charge in [0.05, 0.1) is 12.2 Å². The molecule has 0 radical (unpaired) electrons. The highest BCUT2D eigenvalue weighted by Gasteiger charge is 2.53. The molecule has 2 aromatic carbocycles. The van der Waals surface area contributed by atoms with Gasteiger partial charge in [0, 0.05) is 48.6 Å². The van der Waals surface area contributed by atoms with E-state index in [1.165, 1.54) is 22.3 Å². The molecule has 0 saturated heterocycles. The molecule has 2 saturated carbocycles. The molecule has 2 fully saturated rings. The summed E-state index contributed by atoms with van der Waals surface area (Å²) in [5, 5.41) is 10.4. The molecule has 0 aromatic heterocycles. The number of hydrogen-bond donors (Lipinski definition) is 1. The number of hydrogen-bond acceptors (Lipinski definition) is 6. The number of carbonyl (C=O) groups is 2. The third-order valence-corrected chi connectivity index (χ3v) is 16.8. The van der Waals surface area contributed by atoms with E-state index in [1.807, 2.05) is 0 Å². The third-order valence-electron chi connectivity index (χ3n) is 12.3. The number of rotatable bonds is 12. The average molecular weight is 691 g/mol. The van der Waals surface area contributed by atoms with Crippen LogP contribution in [0.5, 0.6) is 11.5 Å². The van der Waals surface area contributed by atoms with Gasteiger partial charge in [-0.05, 0) is 80.6 Å². The van der Waals surface area contributed by atoms with Gasteiger partial charge in [0.2, 0.25) is 0 Å². The number of para-hydroxylation sites is 2. The average Bonchev–Trinajstić information content (AvgIpc) is 3.74. The fourth-order valence-electron chi connectivity index (χ4n) is 8.74. The van der Waals surface area contributed by atoms with Crippen LogP contribution in [0.2, 0.25) is 18.1 Å². The molecule has 4 aliphatic rings. The van der Waals surface area contributed by atoms with Crippen LogP contribution in [0.25, 0.3) is 0 Å². The van der Waals surface area contributed by atoms with Crippen molar-refractivity contribution >= 4 is 19.9 Å². The first-order chi connectivity index (χ1) is 23.2. The third kappa shape index (κ3) is 8.04. The van der Waals surface area contributed by atoms with Crippen LogP contribution in [0, 0.1) is 11.8 Å². The predicted molar refractivity (Wildman–Crippen MR) is 199 cm³/mol. The number of fused-ring (bicyclic) bond motifs is 6. The molecular weight excluding hydrogens is 629 g/mol. The summed E-state index contributed by atoms with van der Waals surface area (Å²) in [6.45, 7) is 19.4. The van der Waals surface area contributed by atoms with Gasteiger partial charge >= 0.3 is 0 Å². The minimum Gasteiger partial charge on any atom is -0.489 e. The van der Waals surface area contributed by atoms with Crippen molar-refractivity contribution in [1.82, 2.24) is 0 Å². The maximum atomic E-state index is 11.3. The van der Waals surface area contributed by atoms with E-state index < -0.39 is 8.32 Å². The first-order valence-corrected chi connectivity index (χ1v) is 22.0. The lowest BCUT2D eigenvalue weighted by molar-refractivity contribution is -0.117. The second kappa shape index (κ2) is 15.4. The summed E-state index contributed by atoms with van der Waals surface area (Å²) in [6.07, 6.45) is 9.16. The fraction of sp³-hybridized carbons (Fsp3) is 0.667. The maximum Gasteiger partial charge on any atom is 0.192 e. The smallest absolute Gasteiger partial charge is 0.192 e. The Morgan fingerprint density at radius 2 is 1.27 bits per heavy atom. The summed E-state index contributed by atoms with van der Waals surface area (Å²) in [4.78, 5) is 22.4. The Morgan fingerprint density at radius 1 is 0.796 bits per heavy atom. The van der Waals surface area contributed by atoms with Gasteiger partial charge < -0.3 is 28.6 Å². The summed E-state index contributed by atoms with van der Waals surface area (Å²) >= 11 is 0. The Labute approximate surface area is 296 Å². The summed E-state index contributed by atoms with van der Waals surface area (Å²) < 4.78 is 19.6. The summed E-state index contributed by atoms with van der Waals surface area (Å²) in [6, 6.07) is 12.9. The molecule has 7 heteroatoms. The van der Waals surface area contributed by atoms with E-state index in [2.05, 4.69) is 84.1 Å². The van der Waals surface area contributed by atoms with Crippen molar-refractivity contribution in [2.45, 2.75) is 167 Å². The monoisotopic (exact) mass is 690 g/mol. The van der Waals surface area contributed by atoms with Gasteiger partial charge in [-0.2, -0.15) is 0 Å². The predicted octanol–water partition coefficient (Wildman–Crippen LogP) is 9.50. The van der Waals surface area contributed by atoms with E-state index in [0.29, 0.717) is 42.6 Å². The standard InChI is InChI=1S/C24H38O3Si.C18H24O3/c1-8-18-20(27-28(6,7)24(3,4)5)15-21-22(18)19-14-10-13-17(23(19)26-21)12-9-11-16(2)25;1-3-13-15(20)10-16-17(13)14-9-5-8-12(18(14)21-16)7-4-6-11(2)19/h10,13-14,18,20-22H,8-9,11-12,15H2,1-7H3;5,8-9,13,15-17,20H,3-4,6-7,10H2,1-2H3/t18-,20?,21-,22-;13-,15+,16-,17-/m00/s1. The van der Waals surface area contributed by atoms with Crippen LogP contribution in [-0.4, -0.2) is 49.4 Å². The molecule has 0 spiro atoms. The molecule has 2 aromatic rings. The van der Waals surface area contributed by atoms with Crippen LogP contribution in [0.15, 0.2) is 36.4 Å². The van der Waals surface area contributed by atoms with E-state index in [9.17, 15) is 14.7 Å². The minimum atomic E-state index is -1.79. The van der Waals surface area contributed by atoms with Gasteiger partial charge in [-0.3, -0.25) is 0 Å². The lowest BCUT2D eigenvalue weighted by Crippen LogP contribution is -2.45. The number of aliphatic hydroxyl groups excluding tert-OH is 1. The molecule has 6 nitrogen and oxygen atoms in total. The maximum absolute atomic E-state index is 11.3. The first kappa shape index (κ1) is 37.8. The quantitative estimate of drug-likeness (QED) is 0.224. The van der Waals surface area contributed by atoms with E-state index in [-0.39, 0.29) is 34.9 Å². The largest absolute Gasteiger partial charge is 0.489 e. The zero-order chi connectivity index (χ0) is 35.7. The van der Waals surface area contributed by atoms with E-state index in [0.717, 1.165) is 62.9 Å². The van der Waals surface area contributed by atoms with Gasteiger partial charge in [-0.1, -0.05) is 83.9 Å². The molecule has 270 valence electrons. The van der Waals surface area contributed by atoms with Gasteiger partial charge in [-0.15, -0.1) is 0 Å². The number of ether oxygens (including phenoxy) is 2. The van der Waals surface area contributed by atoms with Crippen molar-refractivity contribution in [2.24, 2.45) is 11.8 Å². The zero-order valence-electron chi connectivity index (χ0n) is 31.6. The van der Waals surface area contributed by atoms with E-state index in [1.54, 1.807) is 13.8 Å². The number of carbonyl (C=O) groups excluding carboxylic acids is 2. The Balaban J connectivity index is 0.000000199. The number of Topliss-reactive ketones (excluding diaryl/α,β-unsaturated/α-hetero) is 2. The molecule has 8 atom stereocenters. The molecule has 2 aliphatic heterocycles. The molecule has 2 aliphatic carbocycles. The summed E-state index contributed by atoms with van der Waals surface area (Å²) in [7, 11) is -1.79. The van der Waals surface area contributed by atoms with Crippen LogP contribution >= 0.6 is 0 Å². The Morgan fingerprint density at radius 3 is 1.71 bits per heavy atom. The molecular formula is C42H62O6Si. The molecule has 6 rings (SSSR count). The van der Waals surface area contributed by atoms with Gasteiger partial charge in [0.15, 0.2) is 8.32 Å². The van der Waals surface area contributed by atoms with Crippen molar-refractivity contribution in [3.05, 3.63) is 58.7 Å². The second-order valence-electron chi connectivity index (χ2n) is 16.7. The zero-order valence-corrected chi connectivity index (χ0v) is 32.6. The van der Waals surface area contributed by atoms with Gasteiger partial charge in [0.1, 0.15) is 35.3 Å². The van der Waals surface area contributed by atoms with Crippen molar-refractivity contribution in [3.63, 3.8) is 0 Å². The van der Waals surface area contributed by atoms with Gasteiger partial charge in [-0.25, -0.2) is 0 Å². The number of aryl methyl sites for hydroxylation is 2. The Hall–Kier alpha value is -2.48. The highest BCUT2D eigenvalue weighted by atomic mass is 28.4. The summed E-state index contributed by atoms with van der Waals surface area (Å²) in [5.41, 5.74) is 5.12. The molecule has 0 bridgehead atoms. The fourth-order valence-corrected chi connectivity index (χ4v) is 10.1. The van der Waals surface area contributed by atoms with E-state index >= 15 is 0 Å². The first-order valence-electron chi connectivity index (χ1n) is 19.1. The molecule has 1 unspecified atom stereocenters. The number of aliphatic hydroxyl groups is 1. The SMILES string of the molecule is CC[C@@H]1[C@H]2c3cccc(CCCC(C)=O)c3O[C@H]2C[C@H]1O.CC[C@H]1C(O[Si](C)(C)C(C)(C)C)C[C@@H]2Oc3c(CCCC(C)=O)cccc3[C@@H]21. The lowest BCUT2D eigenvalue weighted by atomic mass is 9.85. The minimum absolute atomic E-state index is 0.133. The summed E-state index contributed by atoms with van der Waals surface area (Å²) in [5.74, 6) is 4.26. The van der Waals surface area contributed by atoms with Crippen molar-refractivity contribution in [2.75, 3.05) is 0 Å². The normalized spacial score (nSPS) is 28.0. The second-order valence-corrected chi connectivity index (χ2v) is 21.5. The Bertz CT molecular complexity index is 1480. The van der Waals surface area contributed by atoms with Gasteiger partial charge in [0.25, 0.3) is 0 Å². The highest BCUT2D eigenvalue weighted by molar-refractivity contribution is 6.74. The van der Waals surface area contributed by atoms with Crippen molar-refractivity contribution in [3.8, 4) is 11.5 Å². The van der Waals surface area contributed by atoms with Crippen LogP contribution in [0.4, 0.5) is 0 Å².